The van der Waals surface area contributed by atoms with Crippen molar-refractivity contribution in [3.63, 3.8) is 0 Å². The van der Waals surface area contributed by atoms with Crippen LogP contribution in [-0.2, 0) is 9.53 Å². The molecule has 0 aliphatic heterocycles. The lowest BCUT2D eigenvalue weighted by atomic mass is 9.99. The third-order valence-electron chi connectivity index (χ3n) is 5.10. The number of ketones is 1. The number of ether oxygens (including phenoxy) is 2. The molecule has 0 radical (unpaired) electrons. The summed E-state index contributed by atoms with van der Waals surface area (Å²) in [6.07, 6.45) is 6.72. The van der Waals surface area contributed by atoms with Gasteiger partial charge < -0.3 is 19.0 Å². The first-order chi connectivity index (χ1) is 16.1. The van der Waals surface area contributed by atoms with E-state index in [0.29, 0.717) is 18.6 Å². The van der Waals surface area contributed by atoms with Crippen LogP contribution in [-0.4, -0.2) is 30.1 Å². The number of carbonyl (C=O) groups excluding carboxylic acids is 2. The molecule has 0 saturated heterocycles. The van der Waals surface area contributed by atoms with Crippen LogP contribution in [0.2, 0.25) is 0 Å². The Morgan fingerprint density at radius 2 is 1.79 bits per heavy atom. The monoisotopic (exact) mass is 468 g/mol. The molecule has 7 heteroatoms. The van der Waals surface area contributed by atoms with Gasteiger partial charge in [-0.1, -0.05) is 31.2 Å². The van der Waals surface area contributed by atoms with Crippen molar-refractivity contribution >= 4 is 17.8 Å². The van der Waals surface area contributed by atoms with Crippen LogP contribution in [0.25, 0.3) is 6.08 Å². The second-order valence-electron chi connectivity index (χ2n) is 8.32. The van der Waals surface area contributed by atoms with Gasteiger partial charge >= 0.3 is 11.6 Å². The van der Waals surface area contributed by atoms with Crippen molar-refractivity contribution in [3.05, 3.63) is 75.4 Å². The molecule has 0 fully saturated rings. The van der Waals surface area contributed by atoms with E-state index in [0.717, 1.165) is 11.3 Å². The molecule has 1 atom stereocenters. The van der Waals surface area contributed by atoms with Gasteiger partial charge in [0.25, 0.3) is 0 Å². The maximum atomic E-state index is 12.8. The highest BCUT2D eigenvalue weighted by atomic mass is 16.5. The van der Waals surface area contributed by atoms with E-state index >= 15 is 0 Å². The third-order valence-corrected chi connectivity index (χ3v) is 5.10. The van der Waals surface area contributed by atoms with E-state index < -0.39 is 17.2 Å². The predicted octanol–water partition coefficient (Wildman–Crippen LogP) is 5.42. The first kappa shape index (κ1) is 26.6. The largest absolute Gasteiger partial charge is 0.507 e. The van der Waals surface area contributed by atoms with Crippen LogP contribution >= 0.6 is 0 Å². The van der Waals surface area contributed by atoms with E-state index in [2.05, 4.69) is 4.74 Å². The summed E-state index contributed by atoms with van der Waals surface area (Å²) in [5.74, 6) is -0.479. The fraction of sp³-hybridized carbons (Fsp3) is 0.370. The van der Waals surface area contributed by atoms with Gasteiger partial charge in [-0.15, -0.1) is 0 Å². The van der Waals surface area contributed by atoms with Crippen molar-refractivity contribution in [1.82, 2.24) is 0 Å². The molecule has 1 aromatic carbocycles. The Hall–Kier alpha value is -3.61. The zero-order valence-corrected chi connectivity index (χ0v) is 20.3. The number of hydrogen-bond donors (Lipinski definition) is 1. The van der Waals surface area contributed by atoms with Gasteiger partial charge in [0.1, 0.15) is 22.8 Å². The maximum Gasteiger partial charge on any atom is 0.351 e. The van der Waals surface area contributed by atoms with Gasteiger partial charge in [0.15, 0.2) is 5.78 Å². The molecule has 182 valence electrons. The predicted molar refractivity (Wildman–Crippen MR) is 130 cm³/mol. The Balaban J connectivity index is 2.11. The van der Waals surface area contributed by atoms with Crippen molar-refractivity contribution in [2.75, 3.05) is 7.11 Å². The molecule has 7 nitrogen and oxygen atoms in total. The van der Waals surface area contributed by atoms with Crippen molar-refractivity contribution in [3.8, 4) is 11.5 Å². The van der Waals surface area contributed by atoms with Crippen LogP contribution in [0.5, 0.6) is 11.5 Å². The molecule has 0 bridgehead atoms. The van der Waals surface area contributed by atoms with Gasteiger partial charge in [0.2, 0.25) is 0 Å². The van der Waals surface area contributed by atoms with Crippen LogP contribution in [0, 0.1) is 0 Å². The fourth-order valence-corrected chi connectivity index (χ4v) is 3.25. The lowest BCUT2D eigenvalue weighted by molar-refractivity contribution is -0.139. The normalized spacial score (nSPS) is 12.7. The molecule has 0 amide bonds. The fourth-order valence-electron chi connectivity index (χ4n) is 3.25. The summed E-state index contributed by atoms with van der Waals surface area (Å²) in [5.41, 5.74) is -0.211. The van der Waals surface area contributed by atoms with E-state index in [4.69, 9.17) is 9.15 Å². The summed E-state index contributed by atoms with van der Waals surface area (Å²) in [5, 5.41) is 10.4. The second-order valence-corrected chi connectivity index (χ2v) is 8.32. The lowest BCUT2D eigenvalue weighted by Crippen LogP contribution is -2.16. The summed E-state index contributed by atoms with van der Waals surface area (Å²) < 4.78 is 15.5. The number of methoxy groups -OCH3 is 1. The minimum atomic E-state index is -0.874. The number of esters is 1. The highest BCUT2D eigenvalue weighted by Gasteiger charge is 2.22. The molecular formula is C27H32O7. The summed E-state index contributed by atoms with van der Waals surface area (Å²) in [6.45, 7) is 7.30. The van der Waals surface area contributed by atoms with E-state index in [9.17, 15) is 19.5 Å². The van der Waals surface area contributed by atoms with E-state index in [1.807, 2.05) is 26.8 Å². The minimum Gasteiger partial charge on any atom is -0.507 e. The minimum absolute atomic E-state index is 0.0561. The molecule has 0 aliphatic carbocycles. The number of Topliss-reactive ketones (excluding diaryl/α,β-unsaturated/α-hetero) is 1. The number of rotatable bonds is 11. The Labute approximate surface area is 199 Å². The van der Waals surface area contributed by atoms with E-state index in [1.165, 1.54) is 13.2 Å². The van der Waals surface area contributed by atoms with Crippen LogP contribution < -0.4 is 10.4 Å². The summed E-state index contributed by atoms with van der Waals surface area (Å²) >= 11 is 0. The number of aromatic hydroxyl groups is 1. The molecule has 1 aromatic heterocycles. The van der Waals surface area contributed by atoms with Gasteiger partial charge in [-0.25, -0.2) is 4.79 Å². The van der Waals surface area contributed by atoms with Crippen molar-refractivity contribution in [2.24, 2.45) is 0 Å². The van der Waals surface area contributed by atoms with Gasteiger partial charge in [0.05, 0.1) is 19.6 Å². The molecule has 2 aromatic rings. The molecule has 0 spiro atoms. The zero-order valence-electron chi connectivity index (χ0n) is 20.3. The topological polar surface area (TPSA) is 103 Å². The van der Waals surface area contributed by atoms with E-state index in [1.54, 1.807) is 43.3 Å². The average molecular weight is 469 g/mol. The molecular weight excluding hydrogens is 436 g/mol. The Morgan fingerprint density at radius 3 is 2.38 bits per heavy atom. The Bertz CT molecular complexity index is 1100. The van der Waals surface area contributed by atoms with Gasteiger partial charge in [0, 0.05) is 12.0 Å². The van der Waals surface area contributed by atoms with Gasteiger partial charge in [-0.2, -0.15) is 0 Å². The van der Waals surface area contributed by atoms with Crippen molar-refractivity contribution in [1.29, 1.82) is 0 Å². The van der Waals surface area contributed by atoms with Crippen LogP contribution in [0.15, 0.2) is 57.3 Å². The number of allylic oxidation sites excluding steroid dienone is 2. The Morgan fingerprint density at radius 1 is 1.12 bits per heavy atom. The zero-order chi connectivity index (χ0) is 25.3. The molecule has 34 heavy (non-hydrogen) atoms. The van der Waals surface area contributed by atoms with Gasteiger partial charge in [-0.05, 0) is 63.0 Å². The van der Waals surface area contributed by atoms with Gasteiger partial charge in [-0.3, -0.25) is 9.59 Å². The van der Waals surface area contributed by atoms with Crippen LogP contribution in [0.4, 0.5) is 0 Å². The van der Waals surface area contributed by atoms with Crippen molar-refractivity contribution < 1.29 is 28.6 Å². The highest BCUT2D eigenvalue weighted by molar-refractivity contribution is 6.12. The maximum absolute atomic E-state index is 12.8. The molecule has 1 N–H and O–H groups in total. The Kier molecular flexibility index (Phi) is 9.86. The van der Waals surface area contributed by atoms with E-state index in [-0.39, 0.29) is 35.5 Å². The average Bonchev–Trinajstić information content (AvgIpc) is 2.78. The smallest absolute Gasteiger partial charge is 0.351 e. The summed E-state index contributed by atoms with van der Waals surface area (Å²) in [6, 6.07) is 8.54. The number of hydrogen-bond acceptors (Lipinski definition) is 7. The van der Waals surface area contributed by atoms with Crippen molar-refractivity contribution in [2.45, 2.75) is 59.0 Å². The number of benzene rings is 1. The summed E-state index contributed by atoms with van der Waals surface area (Å²) in [7, 11) is 1.33. The number of carbonyl (C=O) groups is 2. The summed E-state index contributed by atoms with van der Waals surface area (Å²) in [4.78, 5) is 36.5. The first-order valence-corrected chi connectivity index (χ1v) is 11.2. The third kappa shape index (κ3) is 7.76. The molecule has 0 saturated carbocycles. The second kappa shape index (κ2) is 12.6. The molecule has 0 aliphatic rings. The lowest BCUT2D eigenvalue weighted by Gasteiger charge is -2.11. The standard InChI is InChI=1S/C27H32O7/c1-17(2)33-21-13-11-20(12-14-21)15-19(4)26(30)25-22(28)16-23(34-27(25)31)18(3)9-7-6-8-10-24(29)32-5/h6,8,11-18,28H,7,9-10H2,1-5H3. The molecule has 1 heterocycles. The SMILES string of the molecule is COC(=O)CC=CCCC(C)c1cc(O)c(C(=O)C(C)=Cc2ccc(OC(C)C)cc2)c(=O)o1. The van der Waals surface area contributed by atoms with Crippen LogP contribution in [0.1, 0.15) is 74.6 Å². The molecule has 1 unspecified atom stereocenters. The highest BCUT2D eigenvalue weighted by Crippen LogP contribution is 2.26. The quantitative estimate of drug-likeness (QED) is 0.203. The molecule has 2 rings (SSSR count). The first-order valence-electron chi connectivity index (χ1n) is 11.2. The van der Waals surface area contributed by atoms with Crippen LogP contribution in [0.3, 0.4) is 0 Å².